The molecule has 0 spiro atoms. The maximum Gasteiger partial charge on any atom is 0.308 e. The van der Waals surface area contributed by atoms with E-state index < -0.39 is 16.0 Å². The number of carbonyl (C=O) groups is 1. The number of rotatable bonds is 3. The van der Waals surface area contributed by atoms with E-state index in [-0.39, 0.29) is 4.90 Å². The first-order valence-electron chi connectivity index (χ1n) is 6.68. The molecule has 0 aliphatic heterocycles. The van der Waals surface area contributed by atoms with Gasteiger partial charge in [-0.2, -0.15) is 0 Å². The molecule has 0 unspecified atom stereocenters. The van der Waals surface area contributed by atoms with Gasteiger partial charge in [0.2, 0.25) is 0 Å². The van der Waals surface area contributed by atoms with Crippen molar-refractivity contribution in [1.29, 1.82) is 0 Å². The third kappa shape index (κ3) is 3.02. The topological polar surface area (TPSA) is 65.4 Å². The van der Waals surface area contributed by atoms with Crippen molar-refractivity contribution < 1.29 is 17.9 Å². The van der Waals surface area contributed by atoms with Crippen LogP contribution in [0, 0.1) is 0 Å². The molecule has 1 heterocycles. The second-order valence-corrected chi connectivity index (χ2v) is 7.62. The summed E-state index contributed by atoms with van der Waals surface area (Å²) in [6.07, 6.45) is 1.49. The Morgan fingerprint density at radius 2 is 1.78 bits per heavy atom. The van der Waals surface area contributed by atoms with Crippen LogP contribution in [0.3, 0.4) is 0 Å². The fourth-order valence-electron chi connectivity index (χ4n) is 2.24. The highest BCUT2D eigenvalue weighted by Gasteiger charge is 2.19. The summed E-state index contributed by atoms with van der Waals surface area (Å²) in [7, 11) is -3.73. The number of benzene rings is 2. The molecule has 2 aromatic carbocycles. The second-order valence-electron chi connectivity index (χ2n) is 4.88. The van der Waals surface area contributed by atoms with E-state index >= 15 is 0 Å². The Morgan fingerprint density at radius 1 is 1.09 bits per heavy atom. The molecule has 0 N–H and O–H groups in total. The number of halogens is 1. The maximum atomic E-state index is 12.8. The highest BCUT2D eigenvalue weighted by Crippen LogP contribution is 2.26. The van der Waals surface area contributed by atoms with E-state index in [1.807, 2.05) is 0 Å². The molecular weight excluding hydrogens is 382 g/mol. The number of aromatic nitrogens is 1. The predicted molar refractivity (Wildman–Crippen MR) is 90.0 cm³/mol. The van der Waals surface area contributed by atoms with Gasteiger partial charge in [-0.3, -0.25) is 4.79 Å². The van der Waals surface area contributed by atoms with E-state index in [1.165, 1.54) is 35.3 Å². The van der Waals surface area contributed by atoms with Crippen LogP contribution in [0.15, 0.2) is 64.1 Å². The molecule has 0 bridgehead atoms. The summed E-state index contributed by atoms with van der Waals surface area (Å²) >= 11 is 3.28. The molecule has 0 radical (unpaired) electrons. The number of carbonyl (C=O) groups excluding carboxylic acids is 1. The van der Waals surface area contributed by atoms with Crippen molar-refractivity contribution in [3.8, 4) is 5.75 Å². The van der Waals surface area contributed by atoms with E-state index in [4.69, 9.17) is 4.74 Å². The molecule has 0 aliphatic carbocycles. The van der Waals surface area contributed by atoms with E-state index in [0.29, 0.717) is 11.3 Å². The van der Waals surface area contributed by atoms with E-state index in [0.717, 1.165) is 9.86 Å². The minimum atomic E-state index is -3.73. The van der Waals surface area contributed by atoms with E-state index in [1.54, 1.807) is 30.3 Å². The molecular formula is C16H12BrNO4S. The zero-order valence-electron chi connectivity index (χ0n) is 12.1. The van der Waals surface area contributed by atoms with Crippen LogP contribution >= 0.6 is 15.9 Å². The first kappa shape index (κ1) is 15.8. The molecule has 0 saturated heterocycles. The molecule has 0 amide bonds. The quantitative estimate of drug-likeness (QED) is 0.503. The Bertz CT molecular complexity index is 991. The number of hydrogen-bond acceptors (Lipinski definition) is 4. The minimum absolute atomic E-state index is 0.177. The zero-order valence-corrected chi connectivity index (χ0v) is 14.5. The Kier molecular flexibility index (Phi) is 3.99. The number of nitrogens with zero attached hydrogens (tertiary/aromatic N) is 1. The summed E-state index contributed by atoms with van der Waals surface area (Å²) in [6.45, 7) is 1.29. The molecule has 5 nitrogen and oxygen atoms in total. The van der Waals surface area contributed by atoms with Gasteiger partial charge in [0, 0.05) is 29.0 Å². The lowest BCUT2D eigenvalue weighted by molar-refractivity contribution is -0.131. The third-order valence-electron chi connectivity index (χ3n) is 3.26. The lowest BCUT2D eigenvalue weighted by Crippen LogP contribution is -2.11. The predicted octanol–water partition coefficient (Wildman–Crippen LogP) is 3.57. The first-order valence-corrected chi connectivity index (χ1v) is 8.92. The smallest absolute Gasteiger partial charge is 0.308 e. The van der Waals surface area contributed by atoms with Crippen LogP contribution in [0.4, 0.5) is 0 Å². The summed E-state index contributed by atoms with van der Waals surface area (Å²) in [5.41, 5.74) is 0.451. The van der Waals surface area contributed by atoms with Crippen molar-refractivity contribution in [1.82, 2.24) is 3.97 Å². The van der Waals surface area contributed by atoms with Gasteiger partial charge in [0.05, 0.1) is 10.4 Å². The minimum Gasteiger partial charge on any atom is -0.427 e. The maximum absolute atomic E-state index is 12.8. The number of hydrogen-bond donors (Lipinski definition) is 0. The van der Waals surface area contributed by atoms with Gasteiger partial charge in [0.15, 0.2) is 0 Å². The Hall–Kier alpha value is -2.12. The van der Waals surface area contributed by atoms with Gasteiger partial charge in [-0.1, -0.05) is 15.9 Å². The average Bonchev–Trinajstić information content (AvgIpc) is 2.91. The van der Waals surface area contributed by atoms with Crippen molar-refractivity contribution in [3.05, 3.63) is 59.2 Å². The molecule has 0 aliphatic rings. The summed E-state index contributed by atoms with van der Waals surface area (Å²) < 4.78 is 32.6. The first-order chi connectivity index (χ1) is 10.9. The van der Waals surface area contributed by atoms with Crippen molar-refractivity contribution in [2.75, 3.05) is 0 Å². The molecule has 1 aromatic heterocycles. The lowest BCUT2D eigenvalue weighted by atomic mass is 10.2. The number of ether oxygens (including phenoxy) is 1. The van der Waals surface area contributed by atoms with Gasteiger partial charge in [-0.05, 0) is 42.5 Å². The zero-order chi connectivity index (χ0) is 16.6. The van der Waals surface area contributed by atoms with Crippen LogP contribution in [-0.4, -0.2) is 18.4 Å². The Balaban J connectivity index is 2.15. The van der Waals surface area contributed by atoms with E-state index in [9.17, 15) is 13.2 Å². The highest BCUT2D eigenvalue weighted by atomic mass is 79.9. The summed E-state index contributed by atoms with van der Waals surface area (Å²) in [6, 6.07) is 13.0. The third-order valence-corrected chi connectivity index (χ3v) is 5.49. The van der Waals surface area contributed by atoms with Crippen molar-refractivity contribution in [2.24, 2.45) is 0 Å². The van der Waals surface area contributed by atoms with Crippen LogP contribution in [0.5, 0.6) is 5.75 Å². The summed E-state index contributed by atoms with van der Waals surface area (Å²) in [5.74, 6) is -0.158. The fraction of sp³-hybridized carbons (Fsp3) is 0.0625. The molecule has 0 fully saturated rings. The highest BCUT2D eigenvalue weighted by molar-refractivity contribution is 9.10. The van der Waals surface area contributed by atoms with Gasteiger partial charge in [0.1, 0.15) is 5.75 Å². The summed E-state index contributed by atoms with van der Waals surface area (Å²) in [4.78, 5) is 11.2. The fourth-order valence-corrected chi connectivity index (χ4v) is 3.85. The molecule has 7 heteroatoms. The van der Waals surface area contributed by atoms with Crippen molar-refractivity contribution >= 4 is 42.8 Å². The van der Waals surface area contributed by atoms with E-state index in [2.05, 4.69) is 15.9 Å². The van der Waals surface area contributed by atoms with Gasteiger partial charge in [-0.25, -0.2) is 12.4 Å². The Labute approximate surface area is 141 Å². The van der Waals surface area contributed by atoms with Crippen LogP contribution in [0.25, 0.3) is 10.9 Å². The number of esters is 1. The molecule has 3 aromatic rings. The standard InChI is InChI=1S/C16H12BrNO4S/c1-11(19)22-14-5-2-12-8-9-18(16(12)10-14)23(20,21)15-6-3-13(17)4-7-15/h2-10H,1H3. The van der Waals surface area contributed by atoms with Gasteiger partial charge in [0.25, 0.3) is 10.0 Å². The largest absolute Gasteiger partial charge is 0.427 e. The molecule has 118 valence electrons. The van der Waals surface area contributed by atoms with Crippen LogP contribution in [-0.2, 0) is 14.8 Å². The molecule has 3 rings (SSSR count). The van der Waals surface area contributed by atoms with Gasteiger partial charge >= 0.3 is 5.97 Å². The van der Waals surface area contributed by atoms with Crippen LogP contribution < -0.4 is 4.74 Å². The van der Waals surface area contributed by atoms with Gasteiger partial charge < -0.3 is 4.74 Å². The summed E-state index contributed by atoms with van der Waals surface area (Å²) in [5, 5.41) is 0.738. The van der Waals surface area contributed by atoms with Crippen LogP contribution in [0.2, 0.25) is 0 Å². The average molecular weight is 394 g/mol. The molecule has 23 heavy (non-hydrogen) atoms. The SMILES string of the molecule is CC(=O)Oc1ccc2ccn(S(=O)(=O)c3ccc(Br)cc3)c2c1. The van der Waals surface area contributed by atoms with Gasteiger partial charge in [-0.15, -0.1) is 0 Å². The molecule has 0 atom stereocenters. The van der Waals surface area contributed by atoms with Crippen LogP contribution in [0.1, 0.15) is 6.92 Å². The van der Waals surface area contributed by atoms with Crippen molar-refractivity contribution in [2.45, 2.75) is 11.8 Å². The molecule has 0 saturated carbocycles. The van der Waals surface area contributed by atoms with Crippen molar-refractivity contribution in [3.63, 3.8) is 0 Å². The Morgan fingerprint density at radius 3 is 2.43 bits per heavy atom. The number of fused-ring (bicyclic) bond motifs is 1. The monoisotopic (exact) mass is 393 g/mol. The lowest BCUT2D eigenvalue weighted by Gasteiger charge is -2.08. The normalized spacial score (nSPS) is 11.6. The second kappa shape index (κ2) is 5.82.